The van der Waals surface area contributed by atoms with Gasteiger partial charge in [0, 0.05) is 12.2 Å². The number of aromatic nitrogens is 2. The summed E-state index contributed by atoms with van der Waals surface area (Å²) in [6.45, 7) is 1.46. The summed E-state index contributed by atoms with van der Waals surface area (Å²) >= 11 is 0. The number of anilines is 2. The maximum absolute atomic E-state index is 11.5. The second-order valence-corrected chi connectivity index (χ2v) is 2.95. The quantitative estimate of drug-likeness (QED) is 0.746. The molecule has 1 amide bonds. The minimum Gasteiger partial charge on any atom is -0.343 e. The van der Waals surface area contributed by atoms with Crippen LogP contribution in [0.4, 0.5) is 11.5 Å². The summed E-state index contributed by atoms with van der Waals surface area (Å²) in [6.07, 6.45) is 1.33. The zero-order valence-corrected chi connectivity index (χ0v) is 8.12. The molecule has 1 aromatic carbocycles. The van der Waals surface area contributed by atoms with E-state index in [0.29, 0.717) is 5.82 Å². The van der Waals surface area contributed by atoms with Gasteiger partial charge in [0.05, 0.1) is 5.69 Å². The zero-order valence-electron chi connectivity index (χ0n) is 8.12. The zero-order chi connectivity index (χ0) is 10.7. The lowest BCUT2D eigenvalue weighted by Gasteiger charge is -2.16. The molecule has 0 saturated carbocycles. The Morgan fingerprint density at radius 2 is 2.07 bits per heavy atom. The molecular weight excluding hydrogens is 194 g/mol. The van der Waals surface area contributed by atoms with Crippen LogP contribution in [0.3, 0.4) is 0 Å². The molecule has 0 saturated heterocycles. The molecule has 2 aromatic rings. The molecule has 15 heavy (non-hydrogen) atoms. The molecule has 1 heterocycles. The summed E-state index contributed by atoms with van der Waals surface area (Å²) in [4.78, 5) is 12.9. The van der Waals surface area contributed by atoms with E-state index in [4.69, 9.17) is 0 Å². The maximum atomic E-state index is 11.5. The topological polar surface area (TPSA) is 59.2 Å². The Bertz CT molecular complexity index is 439. The Labute approximate surface area is 86.3 Å². The average Bonchev–Trinajstić information content (AvgIpc) is 2.72. The van der Waals surface area contributed by atoms with Gasteiger partial charge in [-0.1, -0.05) is 23.3 Å². The minimum atomic E-state index is -0.142. The summed E-state index contributed by atoms with van der Waals surface area (Å²) in [6, 6.07) is 9.20. The summed E-state index contributed by atoms with van der Waals surface area (Å²) in [5.41, 5.74) is 0.737. The lowest BCUT2D eigenvalue weighted by molar-refractivity contribution is -0.115. The number of nitrogens with zero attached hydrogens (tertiary/aromatic N) is 3. The van der Waals surface area contributed by atoms with Crippen LogP contribution >= 0.6 is 0 Å². The van der Waals surface area contributed by atoms with Crippen molar-refractivity contribution in [2.75, 3.05) is 4.90 Å². The van der Waals surface area contributed by atoms with Crippen molar-refractivity contribution in [3.8, 4) is 0 Å². The van der Waals surface area contributed by atoms with Crippen LogP contribution in [-0.2, 0) is 4.79 Å². The first-order valence-corrected chi connectivity index (χ1v) is 4.42. The molecule has 0 aliphatic rings. The Kier molecular flexibility index (Phi) is 2.45. The van der Waals surface area contributed by atoms with Gasteiger partial charge in [-0.05, 0) is 12.1 Å². The number of amides is 1. The van der Waals surface area contributed by atoms with Crippen LogP contribution in [-0.4, -0.2) is 16.3 Å². The molecule has 0 N–H and O–H groups in total. The van der Waals surface area contributed by atoms with E-state index in [0.717, 1.165) is 5.69 Å². The van der Waals surface area contributed by atoms with Gasteiger partial charge in [0.15, 0.2) is 6.26 Å². The van der Waals surface area contributed by atoms with Crippen LogP contribution in [0.1, 0.15) is 6.92 Å². The first-order valence-electron chi connectivity index (χ1n) is 4.42. The Balaban J connectivity index is 2.42. The van der Waals surface area contributed by atoms with Crippen LogP contribution in [0.2, 0.25) is 0 Å². The molecule has 0 aliphatic heterocycles. The molecule has 0 atom stereocenters. The predicted molar refractivity (Wildman–Crippen MR) is 53.6 cm³/mol. The SMILES string of the molecule is CC(=O)N(c1ccccc1)c1conn1. The molecule has 2 rings (SSSR count). The lowest BCUT2D eigenvalue weighted by Crippen LogP contribution is -2.22. The van der Waals surface area contributed by atoms with E-state index in [1.807, 2.05) is 30.3 Å². The summed E-state index contributed by atoms with van der Waals surface area (Å²) < 4.78 is 4.61. The smallest absolute Gasteiger partial charge is 0.229 e. The highest BCUT2D eigenvalue weighted by molar-refractivity contribution is 5.97. The Morgan fingerprint density at radius 1 is 1.33 bits per heavy atom. The lowest BCUT2D eigenvalue weighted by atomic mass is 10.3. The predicted octanol–water partition coefficient (Wildman–Crippen LogP) is 1.75. The summed E-state index contributed by atoms with van der Waals surface area (Å²) in [5.74, 6) is 0.241. The third kappa shape index (κ3) is 1.85. The van der Waals surface area contributed by atoms with Crippen LogP contribution in [0.25, 0.3) is 0 Å². The Morgan fingerprint density at radius 3 is 2.60 bits per heavy atom. The standard InChI is InChI=1S/C10H9N3O2/c1-8(14)13(10-7-15-12-11-10)9-5-3-2-4-6-9/h2-7H,1H3. The van der Waals surface area contributed by atoms with Crippen molar-refractivity contribution in [2.24, 2.45) is 0 Å². The summed E-state index contributed by atoms with van der Waals surface area (Å²) in [7, 11) is 0. The first kappa shape index (κ1) is 9.39. The van der Waals surface area contributed by atoms with E-state index in [1.165, 1.54) is 18.1 Å². The van der Waals surface area contributed by atoms with E-state index in [2.05, 4.69) is 14.9 Å². The molecule has 76 valence electrons. The second-order valence-electron chi connectivity index (χ2n) is 2.95. The van der Waals surface area contributed by atoms with Gasteiger partial charge in [0.2, 0.25) is 11.7 Å². The van der Waals surface area contributed by atoms with E-state index in [1.54, 1.807) is 0 Å². The average molecular weight is 203 g/mol. The third-order valence-corrected chi connectivity index (χ3v) is 1.91. The van der Waals surface area contributed by atoms with Crippen molar-refractivity contribution in [3.63, 3.8) is 0 Å². The number of hydrogen-bond acceptors (Lipinski definition) is 4. The number of hydrogen-bond donors (Lipinski definition) is 0. The van der Waals surface area contributed by atoms with Crippen LogP contribution in [0.5, 0.6) is 0 Å². The number of para-hydroxylation sites is 1. The van der Waals surface area contributed by atoms with E-state index in [9.17, 15) is 4.79 Å². The highest BCUT2D eigenvalue weighted by atomic mass is 16.5. The van der Waals surface area contributed by atoms with Gasteiger partial charge in [-0.25, -0.2) is 0 Å². The number of carbonyl (C=O) groups is 1. The molecule has 0 unspecified atom stereocenters. The van der Waals surface area contributed by atoms with Crippen molar-refractivity contribution >= 4 is 17.4 Å². The second kappa shape index (κ2) is 3.91. The number of benzene rings is 1. The Hall–Kier alpha value is -2.17. The van der Waals surface area contributed by atoms with Gasteiger partial charge in [0.25, 0.3) is 0 Å². The van der Waals surface area contributed by atoms with Gasteiger partial charge in [-0.15, -0.1) is 0 Å². The first-order chi connectivity index (χ1) is 7.29. The molecule has 0 radical (unpaired) electrons. The maximum Gasteiger partial charge on any atom is 0.229 e. The molecule has 5 heteroatoms. The minimum absolute atomic E-state index is 0.142. The molecule has 0 bridgehead atoms. The van der Waals surface area contributed by atoms with Crippen LogP contribution in [0.15, 0.2) is 41.1 Å². The molecular formula is C10H9N3O2. The van der Waals surface area contributed by atoms with Crippen molar-refractivity contribution in [2.45, 2.75) is 6.92 Å². The van der Waals surface area contributed by atoms with Crippen molar-refractivity contribution in [1.82, 2.24) is 10.4 Å². The molecule has 0 spiro atoms. The molecule has 0 fully saturated rings. The fraction of sp³-hybridized carbons (Fsp3) is 0.100. The number of carbonyl (C=O) groups excluding carboxylic acids is 1. The van der Waals surface area contributed by atoms with Gasteiger partial charge in [-0.2, -0.15) is 0 Å². The van der Waals surface area contributed by atoms with E-state index in [-0.39, 0.29) is 5.91 Å². The number of rotatable bonds is 2. The largest absolute Gasteiger partial charge is 0.343 e. The molecule has 0 aliphatic carbocycles. The van der Waals surface area contributed by atoms with Gasteiger partial charge in [-0.3, -0.25) is 9.69 Å². The van der Waals surface area contributed by atoms with E-state index >= 15 is 0 Å². The highest BCUT2D eigenvalue weighted by Gasteiger charge is 2.16. The summed E-state index contributed by atoms with van der Waals surface area (Å²) in [5, 5.41) is 7.03. The van der Waals surface area contributed by atoms with Gasteiger partial charge < -0.3 is 4.52 Å². The van der Waals surface area contributed by atoms with Crippen LogP contribution in [0, 0.1) is 0 Å². The molecule has 5 nitrogen and oxygen atoms in total. The van der Waals surface area contributed by atoms with Crippen molar-refractivity contribution in [1.29, 1.82) is 0 Å². The van der Waals surface area contributed by atoms with Crippen LogP contribution < -0.4 is 4.90 Å². The van der Waals surface area contributed by atoms with Gasteiger partial charge in [0.1, 0.15) is 0 Å². The third-order valence-electron chi connectivity index (χ3n) is 1.91. The highest BCUT2D eigenvalue weighted by Crippen LogP contribution is 2.22. The fourth-order valence-corrected chi connectivity index (χ4v) is 1.31. The van der Waals surface area contributed by atoms with E-state index < -0.39 is 0 Å². The monoisotopic (exact) mass is 203 g/mol. The van der Waals surface area contributed by atoms with Gasteiger partial charge >= 0.3 is 0 Å². The van der Waals surface area contributed by atoms with Crippen molar-refractivity contribution < 1.29 is 9.32 Å². The normalized spacial score (nSPS) is 9.93. The fourth-order valence-electron chi connectivity index (χ4n) is 1.31. The van der Waals surface area contributed by atoms with Crippen molar-refractivity contribution in [3.05, 3.63) is 36.6 Å². The molecule has 1 aromatic heterocycles.